The van der Waals surface area contributed by atoms with Crippen LogP contribution in [0.5, 0.6) is 0 Å². The van der Waals surface area contributed by atoms with Gasteiger partial charge in [0.1, 0.15) is 5.52 Å². The third-order valence-corrected chi connectivity index (χ3v) is 11.1. The minimum atomic E-state index is 0.612. The summed E-state index contributed by atoms with van der Waals surface area (Å²) in [7, 11) is 0. The fraction of sp³-hybridized carbons (Fsp3) is 0. The molecule has 0 radical (unpaired) electrons. The van der Waals surface area contributed by atoms with E-state index in [4.69, 9.17) is 15.0 Å². The third kappa shape index (κ3) is 4.39. The van der Waals surface area contributed by atoms with Crippen molar-refractivity contribution in [1.82, 2.24) is 28.5 Å². The molecule has 0 fully saturated rings. The Morgan fingerprint density at radius 2 is 0.964 bits per heavy atom. The first-order chi connectivity index (χ1) is 27.3. The smallest absolute Gasteiger partial charge is 0.235 e. The van der Waals surface area contributed by atoms with Crippen LogP contribution in [0.3, 0.4) is 0 Å². The third-order valence-electron chi connectivity index (χ3n) is 11.1. The number of para-hydroxylation sites is 5. The van der Waals surface area contributed by atoms with E-state index in [2.05, 4.69) is 177 Å². The summed E-state index contributed by atoms with van der Waals surface area (Å²) < 4.78 is 6.76. The summed E-state index contributed by atoms with van der Waals surface area (Å²) in [6.07, 6.45) is 2.14. The maximum absolute atomic E-state index is 5.36. The molecular weight excluding hydrogens is 673 g/mol. The van der Waals surface area contributed by atoms with Gasteiger partial charge >= 0.3 is 0 Å². The number of benzene rings is 7. The molecule has 7 aromatic carbocycles. The zero-order valence-electron chi connectivity index (χ0n) is 29.5. The Morgan fingerprint density at radius 1 is 0.364 bits per heavy atom. The lowest BCUT2D eigenvalue weighted by Crippen LogP contribution is -2.04. The highest BCUT2D eigenvalue weighted by Gasteiger charge is 2.22. The molecule has 0 amide bonds. The molecule has 0 aliphatic rings. The van der Waals surface area contributed by atoms with Crippen LogP contribution in [0.2, 0.25) is 0 Å². The van der Waals surface area contributed by atoms with Gasteiger partial charge in [-0.3, -0.25) is 8.97 Å². The molecule has 0 atom stereocenters. The van der Waals surface area contributed by atoms with Gasteiger partial charge in [0.15, 0.2) is 5.65 Å². The second kappa shape index (κ2) is 11.5. The standard InChI is InChI=1S/C49H30N6/c1-3-13-31(14-4-1)46-37-18-7-9-19-40(37)51-49(52-46)55-44-26-24-33(30-39(44)36-27-28-53-45-22-12-10-20-41(45)50-48(53)47(36)55)32-23-25-43-38(29-32)35-17-8-11-21-42(35)54(43)34-15-5-2-6-16-34/h1-30H. The summed E-state index contributed by atoms with van der Waals surface area (Å²) in [5, 5.41) is 5.69. The molecule has 0 unspecified atom stereocenters. The van der Waals surface area contributed by atoms with Crippen LogP contribution in [-0.2, 0) is 0 Å². The number of hydrogen-bond acceptors (Lipinski definition) is 3. The van der Waals surface area contributed by atoms with Crippen LogP contribution in [0.4, 0.5) is 0 Å². The van der Waals surface area contributed by atoms with Crippen LogP contribution in [0.1, 0.15) is 0 Å². The van der Waals surface area contributed by atoms with Crippen molar-refractivity contribution in [3.05, 3.63) is 182 Å². The first kappa shape index (κ1) is 29.9. The molecule has 6 heteroatoms. The van der Waals surface area contributed by atoms with Gasteiger partial charge in [0, 0.05) is 44.4 Å². The SMILES string of the molecule is c1ccc(-c2nc(-n3c4ccc(-c5ccc6c(c5)c5ccccc5n6-c5ccccc5)cc4c4ccn5c6ccccc6nc5c43)nc3ccccc23)cc1. The molecule has 0 saturated carbocycles. The Hall–Kier alpha value is -7.57. The quantitative estimate of drug-likeness (QED) is 0.183. The molecule has 0 aliphatic heterocycles. The predicted octanol–water partition coefficient (Wildman–Crippen LogP) is 12.0. The Labute approximate surface area is 314 Å². The Kier molecular flexibility index (Phi) is 6.24. The summed E-state index contributed by atoms with van der Waals surface area (Å²) in [5.41, 5.74) is 13.5. The van der Waals surface area contributed by atoms with Crippen molar-refractivity contribution in [2.24, 2.45) is 0 Å². The first-order valence-electron chi connectivity index (χ1n) is 18.5. The summed E-state index contributed by atoms with van der Waals surface area (Å²) in [4.78, 5) is 15.8. The maximum atomic E-state index is 5.36. The molecule has 5 aromatic heterocycles. The Bertz CT molecular complexity index is 3480. The lowest BCUT2D eigenvalue weighted by Gasteiger charge is -2.12. The van der Waals surface area contributed by atoms with E-state index in [0.717, 1.165) is 77.5 Å². The van der Waals surface area contributed by atoms with Crippen LogP contribution in [0, 0.1) is 0 Å². The topological polar surface area (TPSA) is 52.9 Å². The van der Waals surface area contributed by atoms with E-state index in [0.29, 0.717) is 5.95 Å². The van der Waals surface area contributed by atoms with E-state index >= 15 is 0 Å². The van der Waals surface area contributed by atoms with Crippen molar-refractivity contribution in [3.8, 4) is 34.0 Å². The number of fused-ring (bicyclic) bond motifs is 11. The zero-order valence-corrected chi connectivity index (χ0v) is 29.5. The first-order valence-corrected chi connectivity index (χ1v) is 18.5. The molecule has 55 heavy (non-hydrogen) atoms. The number of aromatic nitrogens is 6. The van der Waals surface area contributed by atoms with Gasteiger partial charge in [0.2, 0.25) is 5.95 Å². The average molecular weight is 703 g/mol. The van der Waals surface area contributed by atoms with Crippen LogP contribution >= 0.6 is 0 Å². The van der Waals surface area contributed by atoms with E-state index in [-0.39, 0.29) is 0 Å². The molecule has 0 aliphatic carbocycles. The van der Waals surface area contributed by atoms with Gasteiger partial charge in [0.05, 0.1) is 38.8 Å². The molecule has 12 aromatic rings. The summed E-state index contributed by atoms with van der Waals surface area (Å²) in [5.74, 6) is 0.612. The van der Waals surface area contributed by atoms with Gasteiger partial charge < -0.3 is 4.57 Å². The lowest BCUT2D eigenvalue weighted by molar-refractivity contribution is 1.01. The second-order valence-corrected chi connectivity index (χ2v) is 14.1. The van der Waals surface area contributed by atoms with Crippen molar-refractivity contribution < 1.29 is 0 Å². The fourth-order valence-corrected chi connectivity index (χ4v) is 8.59. The van der Waals surface area contributed by atoms with E-state index in [1.54, 1.807) is 0 Å². The molecule has 0 bridgehead atoms. The fourth-order valence-electron chi connectivity index (χ4n) is 8.59. The van der Waals surface area contributed by atoms with Crippen molar-refractivity contribution in [1.29, 1.82) is 0 Å². The highest BCUT2D eigenvalue weighted by Crippen LogP contribution is 2.40. The summed E-state index contributed by atoms with van der Waals surface area (Å²) in [6.45, 7) is 0. The monoisotopic (exact) mass is 702 g/mol. The predicted molar refractivity (Wildman–Crippen MR) is 225 cm³/mol. The number of rotatable bonds is 4. The van der Waals surface area contributed by atoms with Gasteiger partial charge in [-0.2, -0.15) is 0 Å². The molecule has 256 valence electrons. The van der Waals surface area contributed by atoms with Gasteiger partial charge in [-0.05, 0) is 77.9 Å². The molecule has 5 heterocycles. The van der Waals surface area contributed by atoms with Crippen molar-refractivity contribution in [2.75, 3.05) is 0 Å². The molecule has 0 saturated heterocycles. The Balaban J connectivity index is 1.14. The minimum absolute atomic E-state index is 0.612. The van der Waals surface area contributed by atoms with Crippen LogP contribution in [-0.4, -0.2) is 28.5 Å². The number of nitrogens with zero attached hydrogens (tertiary/aromatic N) is 6. The molecule has 12 rings (SSSR count). The van der Waals surface area contributed by atoms with E-state index < -0.39 is 0 Å². The summed E-state index contributed by atoms with van der Waals surface area (Å²) in [6, 6.07) is 62.1. The zero-order chi connectivity index (χ0) is 36.0. The van der Waals surface area contributed by atoms with Crippen LogP contribution in [0.15, 0.2) is 182 Å². The van der Waals surface area contributed by atoms with Gasteiger partial charge in [-0.25, -0.2) is 15.0 Å². The highest BCUT2D eigenvalue weighted by molar-refractivity contribution is 6.16. The second-order valence-electron chi connectivity index (χ2n) is 14.1. The van der Waals surface area contributed by atoms with Crippen LogP contribution in [0.25, 0.3) is 105 Å². The molecule has 6 nitrogen and oxygen atoms in total. The van der Waals surface area contributed by atoms with Crippen molar-refractivity contribution in [2.45, 2.75) is 0 Å². The Morgan fingerprint density at radius 3 is 1.75 bits per heavy atom. The number of hydrogen-bond donors (Lipinski definition) is 0. The van der Waals surface area contributed by atoms with Crippen molar-refractivity contribution >= 4 is 71.2 Å². The van der Waals surface area contributed by atoms with E-state index in [1.807, 2.05) is 18.2 Å². The summed E-state index contributed by atoms with van der Waals surface area (Å²) >= 11 is 0. The normalized spacial score (nSPS) is 12.0. The van der Waals surface area contributed by atoms with E-state index in [1.165, 1.54) is 21.8 Å². The highest BCUT2D eigenvalue weighted by atomic mass is 15.2. The number of pyridine rings is 1. The minimum Gasteiger partial charge on any atom is -0.309 e. The van der Waals surface area contributed by atoms with Gasteiger partial charge in [-0.1, -0.05) is 109 Å². The molecular formula is C49H30N6. The maximum Gasteiger partial charge on any atom is 0.235 e. The van der Waals surface area contributed by atoms with Gasteiger partial charge in [-0.15, -0.1) is 0 Å². The number of imidazole rings is 1. The van der Waals surface area contributed by atoms with Crippen molar-refractivity contribution in [3.63, 3.8) is 0 Å². The van der Waals surface area contributed by atoms with Gasteiger partial charge in [0.25, 0.3) is 0 Å². The average Bonchev–Trinajstić information content (AvgIpc) is 3.91. The molecule has 0 spiro atoms. The van der Waals surface area contributed by atoms with E-state index in [9.17, 15) is 0 Å². The van der Waals surface area contributed by atoms with Crippen LogP contribution < -0.4 is 0 Å². The lowest BCUT2D eigenvalue weighted by atomic mass is 10.0. The molecule has 0 N–H and O–H groups in total. The largest absolute Gasteiger partial charge is 0.309 e.